The first kappa shape index (κ1) is 12.6. The van der Waals surface area contributed by atoms with E-state index in [1.807, 2.05) is 26.0 Å². The minimum absolute atomic E-state index is 0.00958. The minimum atomic E-state index is 0.00958. The lowest BCUT2D eigenvalue weighted by Crippen LogP contribution is -2.44. The van der Waals surface area contributed by atoms with Gasteiger partial charge >= 0.3 is 0 Å². The number of aromatic nitrogens is 1. The van der Waals surface area contributed by atoms with Crippen LogP contribution in [0.2, 0.25) is 0 Å². The van der Waals surface area contributed by atoms with E-state index in [-0.39, 0.29) is 11.9 Å². The van der Waals surface area contributed by atoms with E-state index in [2.05, 4.69) is 10.3 Å². The Morgan fingerprint density at radius 2 is 2.06 bits per heavy atom. The standard InChI is InChI=1S/C12H19N3O/c1-9(2)11(8-13)15-12(16)7-10-3-5-14-6-4-10/h3-6,9,11H,7-8,13H2,1-2H3,(H,15,16). The highest BCUT2D eigenvalue weighted by molar-refractivity contribution is 5.78. The maximum atomic E-state index is 11.7. The van der Waals surface area contributed by atoms with E-state index in [0.717, 1.165) is 5.56 Å². The first-order chi connectivity index (χ1) is 7.63. The van der Waals surface area contributed by atoms with Gasteiger partial charge in [-0.15, -0.1) is 0 Å². The van der Waals surface area contributed by atoms with Crippen LogP contribution in [0.5, 0.6) is 0 Å². The monoisotopic (exact) mass is 221 g/mol. The van der Waals surface area contributed by atoms with E-state index in [1.54, 1.807) is 12.4 Å². The molecular formula is C12H19N3O. The summed E-state index contributed by atoms with van der Waals surface area (Å²) < 4.78 is 0. The van der Waals surface area contributed by atoms with Crippen LogP contribution in [-0.2, 0) is 11.2 Å². The zero-order chi connectivity index (χ0) is 12.0. The van der Waals surface area contributed by atoms with Crippen LogP contribution < -0.4 is 11.1 Å². The summed E-state index contributed by atoms with van der Waals surface area (Å²) in [5.41, 5.74) is 6.56. The third-order valence-electron chi connectivity index (χ3n) is 2.52. The van der Waals surface area contributed by atoms with E-state index in [4.69, 9.17) is 5.73 Å². The molecule has 0 fully saturated rings. The lowest BCUT2D eigenvalue weighted by molar-refractivity contribution is -0.121. The van der Waals surface area contributed by atoms with E-state index < -0.39 is 0 Å². The van der Waals surface area contributed by atoms with Crippen LogP contribution in [0.4, 0.5) is 0 Å². The van der Waals surface area contributed by atoms with Crippen LogP contribution in [0.25, 0.3) is 0 Å². The van der Waals surface area contributed by atoms with Gasteiger partial charge in [0, 0.05) is 25.0 Å². The Bertz CT molecular complexity index is 324. The number of carbonyl (C=O) groups excluding carboxylic acids is 1. The molecule has 4 nitrogen and oxygen atoms in total. The Kier molecular flexibility index (Phi) is 4.92. The van der Waals surface area contributed by atoms with E-state index >= 15 is 0 Å². The van der Waals surface area contributed by atoms with Gasteiger partial charge in [0.15, 0.2) is 0 Å². The normalized spacial score (nSPS) is 12.5. The SMILES string of the molecule is CC(C)C(CN)NC(=O)Cc1ccncc1. The second-order valence-corrected chi connectivity index (χ2v) is 4.19. The third-order valence-corrected chi connectivity index (χ3v) is 2.52. The highest BCUT2D eigenvalue weighted by atomic mass is 16.1. The molecule has 0 aliphatic heterocycles. The molecule has 0 saturated carbocycles. The Labute approximate surface area is 96.3 Å². The molecule has 1 aromatic rings. The maximum absolute atomic E-state index is 11.7. The Hall–Kier alpha value is -1.42. The topological polar surface area (TPSA) is 68.0 Å². The van der Waals surface area contributed by atoms with Gasteiger partial charge < -0.3 is 11.1 Å². The van der Waals surface area contributed by atoms with Gasteiger partial charge in [0.05, 0.1) is 6.42 Å². The average molecular weight is 221 g/mol. The van der Waals surface area contributed by atoms with Crippen molar-refractivity contribution in [3.63, 3.8) is 0 Å². The molecule has 0 spiro atoms. The number of hydrogen-bond donors (Lipinski definition) is 2. The zero-order valence-electron chi connectivity index (χ0n) is 9.81. The number of pyridine rings is 1. The number of carbonyl (C=O) groups is 1. The first-order valence-electron chi connectivity index (χ1n) is 5.51. The molecule has 0 bridgehead atoms. The first-order valence-corrected chi connectivity index (χ1v) is 5.51. The Balaban J connectivity index is 2.47. The summed E-state index contributed by atoms with van der Waals surface area (Å²) in [4.78, 5) is 15.6. The summed E-state index contributed by atoms with van der Waals surface area (Å²) >= 11 is 0. The van der Waals surface area contributed by atoms with E-state index in [0.29, 0.717) is 18.9 Å². The Morgan fingerprint density at radius 3 is 2.56 bits per heavy atom. The van der Waals surface area contributed by atoms with Crippen molar-refractivity contribution in [3.05, 3.63) is 30.1 Å². The molecule has 0 aliphatic rings. The number of hydrogen-bond acceptors (Lipinski definition) is 3. The number of nitrogens with two attached hydrogens (primary N) is 1. The highest BCUT2D eigenvalue weighted by Crippen LogP contribution is 2.02. The fourth-order valence-corrected chi connectivity index (χ4v) is 1.44. The summed E-state index contributed by atoms with van der Waals surface area (Å²) in [6, 6.07) is 3.73. The second-order valence-electron chi connectivity index (χ2n) is 4.19. The van der Waals surface area contributed by atoms with Gasteiger partial charge in [-0.3, -0.25) is 9.78 Å². The largest absolute Gasteiger partial charge is 0.352 e. The molecule has 0 radical (unpaired) electrons. The second kappa shape index (κ2) is 6.23. The van der Waals surface area contributed by atoms with Crippen molar-refractivity contribution >= 4 is 5.91 Å². The number of nitrogens with zero attached hydrogens (tertiary/aromatic N) is 1. The summed E-state index contributed by atoms with van der Waals surface area (Å²) in [7, 11) is 0. The van der Waals surface area contributed by atoms with E-state index in [1.165, 1.54) is 0 Å². The van der Waals surface area contributed by atoms with Gasteiger partial charge in [0.1, 0.15) is 0 Å². The molecule has 1 amide bonds. The molecule has 0 aliphatic carbocycles. The smallest absolute Gasteiger partial charge is 0.224 e. The molecular weight excluding hydrogens is 202 g/mol. The molecule has 4 heteroatoms. The van der Waals surface area contributed by atoms with Crippen molar-refractivity contribution in [2.24, 2.45) is 11.7 Å². The lowest BCUT2D eigenvalue weighted by Gasteiger charge is -2.20. The lowest BCUT2D eigenvalue weighted by atomic mass is 10.0. The van der Waals surface area contributed by atoms with Crippen LogP contribution in [0.3, 0.4) is 0 Å². The fourth-order valence-electron chi connectivity index (χ4n) is 1.44. The molecule has 16 heavy (non-hydrogen) atoms. The number of nitrogens with one attached hydrogen (secondary N) is 1. The summed E-state index contributed by atoms with van der Waals surface area (Å²) in [5.74, 6) is 0.363. The van der Waals surface area contributed by atoms with E-state index in [9.17, 15) is 4.79 Å². The molecule has 1 aromatic heterocycles. The van der Waals surface area contributed by atoms with Gasteiger partial charge in [-0.25, -0.2) is 0 Å². The predicted molar refractivity (Wildman–Crippen MR) is 63.8 cm³/mol. The van der Waals surface area contributed by atoms with Crippen molar-refractivity contribution in [2.45, 2.75) is 26.3 Å². The van der Waals surface area contributed by atoms with Crippen molar-refractivity contribution < 1.29 is 4.79 Å². The van der Waals surface area contributed by atoms with Crippen molar-refractivity contribution in [2.75, 3.05) is 6.54 Å². The fraction of sp³-hybridized carbons (Fsp3) is 0.500. The van der Waals surface area contributed by atoms with Crippen molar-refractivity contribution in [1.29, 1.82) is 0 Å². The van der Waals surface area contributed by atoms with Gasteiger partial charge in [0.2, 0.25) is 5.91 Å². The minimum Gasteiger partial charge on any atom is -0.352 e. The number of amides is 1. The molecule has 1 heterocycles. The molecule has 3 N–H and O–H groups in total. The number of rotatable bonds is 5. The maximum Gasteiger partial charge on any atom is 0.224 e. The Morgan fingerprint density at radius 1 is 1.44 bits per heavy atom. The summed E-state index contributed by atoms with van der Waals surface area (Å²) in [5, 5.41) is 2.93. The van der Waals surface area contributed by atoms with Crippen LogP contribution in [0.1, 0.15) is 19.4 Å². The van der Waals surface area contributed by atoms with Crippen molar-refractivity contribution in [1.82, 2.24) is 10.3 Å². The van der Waals surface area contributed by atoms with Crippen LogP contribution in [0, 0.1) is 5.92 Å². The third kappa shape index (κ3) is 3.98. The summed E-state index contributed by atoms with van der Waals surface area (Å²) in [6.07, 6.45) is 3.75. The predicted octanol–water partition coefficient (Wildman–Crippen LogP) is 0.724. The molecule has 0 aromatic carbocycles. The quantitative estimate of drug-likeness (QED) is 0.770. The van der Waals surface area contributed by atoms with Gasteiger partial charge in [-0.2, -0.15) is 0 Å². The van der Waals surface area contributed by atoms with Crippen LogP contribution in [0.15, 0.2) is 24.5 Å². The summed E-state index contributed by atoms with van der Waals surface area (Å²) in [6.45, 7) is 4.56. The van der Waals surface area contributed by atoms with Crippen LogP contribution >= 0.6 is 0 Å². The molecule has 1 rings (SSSR count). The van der Waals surface area contributed by atoms with Gasteiger partial charge in [-0.05, 0) is 23.6 Å². The average Bonchev–Trinajstić information content (AvgIpc) is 2.27. The molecule has 1 atom stereocenters. The zero-order valence-corrected chi connectivity index (χ0v) is 9.81. The van der Waals surface area contributed by atoms with Crippen LogP contribution in [-0.4, -0.2) is 23.5 Å². The van der Waals surface area contributed by atoms with Gasteiger partial charge in [0.25, 0.3) is 0 Å². The molecule has 88 valence electrons. The molecule has 1 unspecified atom stereocenters. The molecule has 0 saturated heterocycles. The highest BCUT2D eigenvalue weighted by Gasteiger charge is 2.14. The van der Waals surface area contributed by atoms with Gasteiger partial charge in [-0.1, -0.05) is 13.8 Å². The van der Waals surface area contributed by atoms with Crippen molar-refractivity contribution in [3.8, 4) is 0 Å².